The van der Waals surface area contributed by atoms with E-state index in [9.17, 15) is 19.8 Å². The first-order valence-corrected chi connectivity index (χ1v) is 13.6. The van der Waals surface area contributed by atoms with Crippen LogP contribution in [0.25, 0.3) is 10.9 Å². The third-order valence-corrected chi connectivity index (χ3v) is 8.48. The average molecular weight is 536 g/mol. The molecular formula is C30H37N3O6. The molecule has 4 N–H and O–H groups in total. The van der Waals surface area contributed by atoms with Crippen LogP contribution >= 0.6 is 0 Å². The number of phenols is 1. The standard InChI is InChI=1S/C30H37N3O6/c1-38-26-16-19(10-11-25(26)34)28-22-8-5-6-12-30(22,37)13-14-33(28)18-27(35)32-24(29(36)39-2)15-20-17-31-23-9-4-3-7-21(20)23/h3-4,7,9-11,16-17,22,24,28,31,34,37H,5-6,8,12-15,18H2,1-2H3,(H,32,35)/t22-,24-,28+,30+/m0/s1. The van der Waals surface area contributed by atoms with Crippen LogP contribution in [0.15, 0.2) is 48.7 Å². The van der Waals surface area contributed by atoms with Gasteiger partial charge < -0.3 is 30.0 Å². The van der Waals surface area contributed by atoms with Gasteiger partial charge in [0.25, 0.3) is 0 Å². The number of hydrogen-bond donors (Lipinski definition) is 4. The van der Waals surface area contributed by atoms with E-state index in [0.29, 0.717) is 25.1 Å². The fraction of sp³-hybridized carbons (Fsp3) is 0.467. The summed E-state index contributed by atoms with van der Waals surface area (Å²) in [5, 5.41) is 25.6. The van der Waals surface area contributed by atoms with Crippen molar-refractivity contribution in [1.82, 2.24) is 15.2 Å². The monoisotopic (exact) mass is 535 g/mol. The van der Waals surface area contributed by atoms with Crippen LogP contribution in [0.5, 0.6) is 11.5 Å². The number of ether oxygens (including phenoxy) is 2. The second-order valence-corrected chi connectivity index (χ2v) is 10.8. The lowest BCUT2D eigenvalue weighted by Gasteiger charge is -2.52. The molecule has 0 unspecified atom stereocenters. The normalized spacial score (nSPS) is 24.1. The molecule has 4 atom stereocenters. The molecule has 3 aromatic rings. The number of methoxy groups -OCH3 is 2. The van der Waals surface area contributed by atoms with Gasteiger partial charge in [-0.15, -0.1) is 0 Å². The van der Waals surface area contributed by atoms with Crippen molar-refractivity contribution in [3.63, 3.8) is 0 Å². The summed E-state index contributed by atoms with van der Waals surface area (Å²) in [6.45, 7) is 0.585. The van der Waals surface area contributed by atoms with Gasteiger partial charge in [0.15, 0.2) is 11.5 Å². The second-order valence-electron chi connectivity index (χ2n) is 10.8. The largest absolute Gasteiger partial charge is 0.504 e. The van der Waals surface area contributed by atoms with Crippen molar-refractivity contribution >= 4 is 22.8 Å². The molecule has 1 amide bonds. The second kappa shape index (κ2) is 11.3. The van der Waals surface area contributed by atoms with E-state index < -0.39 is 17.6 Å². The number of piperidine rings is 1. The van der Waals surface area contributed by atoms with Gasteiger partial charge in [-0.3, -0.25) is 9.69 Å². The van der Waals surface area contributed by atoms with Crippen LogP contribution in [0.2, 0.25) is 0 Å². The van der Waals surface area contributed by atoms with Gasteiger partial charge in [-0.1, -0.05) is 37.1 Å². The van der Waals surface area contributed by atoms with Gasteiger partial charge >= 0.3 is 5.97 Å². The highest BCUT2D eigenvalue weighted by Gasteiger charge is 2.49. The first kappa shape index (κ1) is 27.0. The molecule has 0 spiro atoms. The van der Waals surface area contributed by atoms with E-state index in [-0.39, 0.29) is 30.2 Å². The third kappa shape index (κ3) is 5.46. The average Bonchev–Trinajstić information content (AvgIpc) is 3.35. The van der Waals surface area contributed by atoms with E-state index in [1.165, 1.54) is 14.2 Å². The molecule has 1 aliphatic heterocycles. The van der Waals surface area contributed by atoms with Crippen LogP contribution in [-0.2, 0) is 20.7 Å². The number of nitrogens with zero attached hydrogens (tertiary/aromatic N) is 1. The number of carbonyl (C=O) groups is 2. The zero-order valence-corrected chi connectivity index (χ0v) is 22.5. The SMILES string of the molecule is COC(=O)[C@H](Cc1c[nH]c2ccccc12)NC(=O)CN1CC[C@]2(O)CCCC[C@H]2[C@H]1c1ccc(O)c(OC)c1. The van der Waals surface area contributed by atoms with E-state index in [2.05, 4.69) is 15.2 Å². The third-order valence-electron chi connectivity index (χ3n) is 8.48. The molecule has 2 aliphatic rings. The Morgan fingerprint density at radius 1 is 1.18 bits per heavy atom. The summed E-state index contributed by atoms with van der Waals surface area (Å²) < 4.78 is 10.4. The van der Waals surface area contributed by atoms with Crippen molar-refractivity contribution in [2.45, 2.75) is 56.2 Å². The Bertz CT molecular complexity index is 1340. The van der Waals surface area contributed by atoms with Crippen LogP contribution in [0.4, 0.5) is 0 Å². The molecule has 39 heavy (non-hydrogen) atoms. The Labute approximate surface area is 228 Å². The predicted molar refractivity (Wildman–Crippen MR) is 146 cm³/mol. The number of hydrogen-bond acceptors (Lipinski definition) is 7. The molecular weight excluding hydrogens is 498 g/mol. The highest BCUT2D eigenvalue weighted by atomic mass is 16.5. The lowest BCUT2D eigenvalue weighted by atomic mass is 9.66. The first-order valence-electron chi connectivity index (χ1n) is 13.6. The van der Waals surface area contributed by atoms with Crippen molar-refractivity contribution in [1.29, 1.82) is 0 Å². The molecule has 1 aromatic heterocycles. The quantitative estimate of drug-likeness (QED) is 0.326. The molecule has 1 aliphatic carbocycles. The predicted octanol–water partition coefficient (Wildman–Crippen LogP) is 3.45. The first-order chi connectivity index (χ1) is 18.8. The molecule has 1 saturated carbocycles. The molecule has 2 heterocycles. The summed E-state index contributed by atoms with van der Waals surface area (Å²) in [5.74, 6) is -0.467. The maximum absolute atomic E-state index is 13.4. The highest BCUT2D eigenvalue weighted by molar-refractivity contribution is 5.88. The Hall–Kier alpha value is -3.56. The Kier molecular flexibility index (Phi) is 7.81. The minimum absolute atomic E-state index is 0.0402. The van der Waals surface area contributed by atoms with Crippen molar-refractivity contribution in [2.75, 3.05) is 27.3 Å². The molecule has 9 heteroatoms. The summed E-state index contributed by atoms with van der Waals surface area (Å²) in [5.41, 5.74) is 1.96. The van der Waals surface area contributed by atoms with Crippen LogP contribution in [0.1, 0.15) is 49.3 Å². The van der Waals surface area contributed by atoms with Gasteiger partial charge in [0.1, 0.15) is 6.04 Å². The van der Waals surface area contributed by atoms with Crippen molar-refractivity contribution in [2.24, 2.45) is 5.92 Å². The van der Waals surface area contributed by atoms with Gasteiger partial charge in [-0.2, -0.15) is 0 Å². The lowest BCUT2D eigenvalue weighted by molar-refractivity contribution is -0.146. The molecule has 2 aromatic carbocycles. The van der Waals surface area contributed by atoms with Crippen molar-refractivity contribution in [3.8, 4) is 11.5 Å². The Balaban J connectivity index is 1.38. The number of nitrogens with one attached hydrogen (secondary N) is 2. The Morgan fingerprint density at radius 2 is 2.00 bits per heavy atom. The molecule has 208 valence electrons. The summed E-state index contributed by atoms with van der Waals surface area (Å²) in [6.07, 6.45) is 6.29. The minimum Gasteiger partial charge on any atom is -0.504 e. The number of H-pyrrole nitrogens is 1. The number of rotatable bonds is 8. The van der Waals surface area contributed by atoms with Gasteiger partial charge in [0, 0.05) is 42.0 Å². The number of fused-ring (bicyclic) bond motifs is 2. The topological polar surface area (TPSA) is 124 Å². The highest BCUT2D eigenvalue weighted by Crippen LogP contribution is 2.50. The van der Waals surface area contributed by atoms with Crippen molar-refractivity contribution < 1.29 is 29.3 Å². The fourth-order valence-corrected chi connectivity index (χ4v) is 6.52. The summed E-state index contributed by atoms with van der Waals surface area (Å²) >= 11 is 0. The van der Waals surface area contributed by atoms with Crippen LogP contribution in [0.3, 0.4) is 0 Å². The van der Waals surface area contributed by atoms with Crippen LogP contribution in [-0.4, -0.2) is 70.9 Å². The van der Waals surface area contributed by atoms with E-state index in [1.807, 2.05) is 36.5 Å². The summed E-state index contributed by atoms with van der Waals surface area (Å²) in [7, 11) is 2.82. The lowest BCUT2D eigenvalue weighted by Crippen LogP contribution is -2.57. The molecule has 2 fully saturated rings. The summed E-state index contributed by atoms with van der Waals surface area (Å²) in [4.78, 5) is 31.4. The zero-order chi connectivity index (χ0) is 27.6. The van der Waals surface area contributed by atoms with E-state index >= 15 is 0 Å². The van der Waals surface area contributed by atoms with Gasteiger partial charge in [0.05, 0.1) is 26.4 Å². The number of aliphatic hydroxyl groups is 1. The number of para-hydroxylation sites is 1. The van der Waals surface area contributed by atoms with Gasteiger partial charge in [-0.05, 0) is 48.6 Å². The minimum atomic E-state index is -0.842. The Morgan fingerprint density at radius 3 is 2.79 bits per heavy atom. The number of aromatic nitrogens is 1. The summed E-state index contributed by atoms with van der Waals surface area (Å²) in [6, 6.07) is 12.0. The number of amides is 1. The maximum atomic E-state index is 13.4. The number of aromatic hydroxyl groups is 1. The van der Waals surface area contributed by atoms with Crippen molar-refractivity contribution in [3.05, 3.63) is 59.8 Å². The van der Waals surface area contributed by atoms with Crippen LogP contribution < -0.4 is 10.1 Å². The fourth-order valence-electron chi connectivity index (χ4n) is 6.52. The van der Waals surface area contributed by atoms with Crippen LogP contribution in [0, 0.1) is 5.92 Å². The molecule has 0 bridgehead atoms. The molecule has 0 radical (unpaired) electrons. The number of carbonyl (C=O) groups excluding carboxylic acids is 2. The zero-order valence-electron chi connectivity index (χ0n) is 22.5. The number of aromatic amines is 1. The smallest absolute Gasteiger partial charge is 0.328 e. The number of phenolic OH excluding ortho intramolecular Hbond substituents is 1. The molecule has 9 nitrogen and oxygen atoms in total. The molecule has 1 saturated heterocycles. The molecule has 5 rings (SSSR count). The maximum Gasteiger partial charge on any atom is 0.328 e. The van der Waals surface area contributed by atoms with Gasteiger partial charge in [0.2, 0.25) is 5.91 Å². The number of benzene rings is 2. The van der Waals surface area contributed by atoms with E-state index in [1.54, 1.807) is 12.1 Å². The number of likely N-dealkylation sites (tertiary alicyclic amines) is 1. The number of esters is 1. The van der Waals surface area contributed by atoms with E-state index in [4.69, 9.17) is 9.47 Å². The van der Waals surface area contributed by atoms with E-state index in [0.717, 1.165) is 47.7 Å². The van der Waals surface area contributed by atoms with Gasteiger partial charge in [-0.25, -0.2) is 4.79 Å².